The van der Waals surface area contributed by atoms with Crippen molar-refractivity contribution in [1.29, 1.82) is 0 Å². The van der Waals surface area contributed by atoms with Gasteiger partial charge in [-0.1, -0.05) is 33.8 Å². The van der Waals surface area contributed by atoms with Crippen molar-refractivity contribution in [3.05, 3.63) is 35.7 Å². The van der Waals surface area contributed by atoms with Crippen LogP contribution in [0, 0.1) is 0 Å². The molecule has 6 bridgehead atoms. The average Bonchev–Trinajstić information content (AvgIpc) is 1.62. The second-order valence-corrected chi connectivity index (χ2v) is 33.9. The largest absolute Gasteiger partial charge is 0.388 e. The number of nitrogens with zero attached hydrogens (tertiary/aromatic N) is 9. The molecule has 770 valence electrons. The van der Waals surface area contributed by atoms with E-state index in [2.05, 4.69) is 57.5 Å². The molecule has 0 spiro atoms. The van der Waals surface area contributed by atoms with E-state index in [-0.39, 0.29) is 235 Å². The van der Waals surface area contributed by atoms with E-state index in [0.717, 1.165) is 0 Å². The van der Waals surface area contributed by atoms with Crippen LogP contribution in [-0.4, -0.2) is 470 Å². The number of unbranched alkanes of at least 4 members (excludes halogenated alkanes) is 2. The van der Waals surface area contributed by atoms with Gasteiger partial charge < -0.3 is 176 Å². The van der Waals surface area contributed by atoms with E-state index in [0.29, 0.717) is 134 Å². The first-order chi connectivity index (χ1) is 65.5. The summed E-state index contributed by atoms with van der Waals surface area (Å²) in [6, 6.07) is -2.75. The molecule has 6 aliphatic heterocycles. The van der Waals surface area contributed by atoms with Gasteiger partial charge in [0, 0.05) is 52.8 Å². The van der Waals surface area contributed by atoms with E-state index in [4.69, 9.17) is 118 Å². The zero-order valence-corrected chi connectivity index (χ0v) is 78.3. The van der Waals surface area contributed by atoms with E-state index >= 15 is 0 Å². The zero-order valence-electron chi connectivity index (χ0n) is 77.5. The first kappa shape index (κ1) is 112. The van der Waals surface area contributed by atoms with Crippen molar-refractivity contribution in [2.24, 2.45) is 0 Å². The molecule has 51 nitrogen and oxygen atoms in total. The van der Waals surface area contributed by atoms with Crippen LogP contribution >= 0.6 is 11.8 Å². The van der Waals surface area contributed by atoms with Crippen LogP contribution in [0.25, 0.3) is 0 Å². The van der Waals surface area contributed by atoms with Crippen molar-refractivity contribution in [3.8, 4) is 0 Å². The Morgan fingerprint density at radius 2 is 0.674 bits per heavy atom. The van der Waals surface area contributed by atoms with E-state index in [1.54, 1.807) is 32.6 Å². The van der Waals surface area contributed by atoms with Crippen LogP contribution in [-0.2, 0) is 187 Å². The highest BCUT2D eigenvalue weighted by Crippen LogP contribution is 2.40. The van der Waals surface area contributed by atoms with Gasteiger partial charge in [-0.05, 0) is 12.8 Å². The Balaban J connectivity index is 0.703. The molecule has 15 atom stereocenters. The molecule has 6 saturated heterocycles. The molecule has 5 amide bonds. The van der Waals surface area contributed by atoms with Crippen LogP contribution in [0.4, 0.5) is 0 Å². The molecule has 0 aromatic carbocycles. The minimum absolute atomic E-state index is 0.0221. The highest BCUT2D eigenvalue weighted by atomic mass is 32.2. The number of fused-ring (bicyclic) bond motifs is 6. The SMILES string of the molecule is CC(=O)N[C@H]1[C@H]2OC[C@](COCCOCCOCCOCCn3cc(COCC(COCc4cn(CCOCCOCCOCCOC[C@@]56CO[C@@H](O5)[C@H](NC(C)=O)[C@@H](O)[C@H]6O)nn4)(COCc4cn(CCOCCOCCOCCOC[C@@]56CO[C@@H](O5)[C@H](NC(C)=O)[C@@H](O)[C@H]6O)nn4)NC(=O)CCCCCNC(=O)CCOCCOCCOCCOCCSC(C)=O)nn3)(O2)[C@H](O)[C@@H]1O. The fourth-order valence-corrected chi connectivity index (χ4v) is 15.2. The Morgan fingerprint density at radius 3 is 0.985 bits per heavy atom. The van der Waals surface area contributed by atoms with Crippen LogP contribution in [0.15, 0.2) is 18.6 Å². The first-order valence-electron chi connectivity index (χ1n) is 45.6. The van der Waals surface area contributed by atoms with E-state index in [1.807, 2.05) is 0 Å². The molecule has 9 heterocycles. The third-order valence-electron chi connectivity index (χ3n) is 21.6. The molecule has 0 unspecified atom stereocenters. The molecule has 3 aromatic heterocycles. The maximum absolute atomic E-state index is 14.3. The van der Waals surface area contributed by atoms with Gasteiger partial charge in [-0.15, -0.1) is 15.3 Å². The number of thioether (sulfide) groups is 1. The number of nitrogens with one attached hydrogen (secondary N) is 5. The summed E-state index contributed by atoms with van der Waals surface area (Å²) in [6.45, 7) is 14.5. The van der Waals surface area contributed by atoms with Crippen molar-refractivity contribution in [1.82, 2.24) is 71.6 Å². The number of amides is 5. The molecule has 0 aliphatic carbocycles. The van der Waals surface area contributed by atoms with E-state index in [1.165, 1.54) is 39.5 Å². The number of hydrogen-bond acceptors (Lipinski definition) is 44. The Morgan fingerprint density at radius 1 is 0.378 bits per heavy atom. The molecule has 9 rings (SSSR count). The second-order valence-electron chi connectivity index (χ2n) is 32.7. The lowest BCUT2D eigenvalue weighted by atomic mass is 9.88. The van der Waals surface area contributed by atoms with Crippen LogP contribution in [0.3, 0.4) is 0 Å². The predicted octanol–water partition coefficient (Wildman–Crippen LogP) is -6.07. The Hall–Kier alpha value is -6.45. The van der Waals surface area contributed by atoms with Crippen molar-refractivity contribution in [3.63, 3.8) is 0 Å². The summed E-state index contributed by atoms with van der Waals surface area (Å²) in [5.74, 6) is -1.08. The Bertz CT molecular complexity index is 3510. The maximum Gasteiger partial charge on any atom is 0.222 e. The van der Waals surface area contributed by atoms with Crippen molar-refractivity contribution in [2.75, 3.05) is 263 Å². The lowest BCUT2D eigenvalue weighted by Crippen LogP contribution is -2.66. The summed E-state index contributed by atoms with van der Waals surface area (Å²) in [6.07, 6.45) is -3.65. The third-order valence-corrected chi connectivity index (χ3v) is 22.3. The van der Waals surface area contributed by atoms with Gasteiger partial charge in [-0.2, -0.15) is 0 Å². The Kier molecular flexibility index (Phi) is 52.1. The average molecular weight is 1960 g/mol. The standard InChI is InChI=1S/C83H140N14O37S/c1-59(98)85-68-71(104)74(107)81(56-129-77(68)132-81)53-123-39-36-119-31-28-115-23-19-111-15-11-95-44-63(89-92-95)47-126-50-80(88-67(103)8-6-5-7-10-84-66(102)9-14-110-18-22-114-26-27-118-34-35-122-42-43-135-62(4)101,51-127-48-64-45-96(93-90-64)12-16-112-20-24-116-29-32-120-37-40-124-54-82-57-130-78(133-82)69(86-60(2)99)72(105)75(82)108)52-128-49-65-46-97(94-91-65)13-17-113-21-25-117-30-33-121-38-41-125-55-83-58-131-79(134-83)70(87-61(3)100)73(106)76(83)109/h44-46,68-79,104-109H,5-43,47-58H2,1-4H3,(H,84,102)(H,85,98)(H,86,99)(H,87,100)(H,88,103)/t68-,69-,70-,71-,72-,73-,74-,75-,76-,77+,78+,79+,81+,82+,83+/m1/s1. The van der Waals surface area contributed by atoms with Gasteiger partial charge in [0.25, 0.3) is 0 Å². The molecule has 6 aliphatic rings. The maximum atomic E-state index is 14.3. The lowest BCUT2D eigenvalue weighted by molar-refractivity contribution is -0.238. The normalized spacial score (nSPS) is 24.6. The summed E-state index contributed by atoms with van der Waals surface area (Å²) >= 11 is 1.22. The van der Waals surface area contributed by atoms with Gasteiger partial charge in [-0.25, -0.2) is 14.0 Å². The zero-order chi connectivity index (χ0) is 96.2. The van der Waals surface area contributed by atoms with E-state index in [9.17, 15) is 59.4 Å². The number of hydrogen-bond donors (Lipinski definition) is 11. The van der Waals surface area contributed by atoms with E-state index < -0.39 is 114 Å². The van der Waals surface area contributed by atoms with Gasteiger partial charge >= 0.3 is 0 Å². The van der Waals surface area contributed by atoms with Crippen molar-refractivity contribution >= 4 is 46.4 Å². The quantitative estimate of drug-likeness (QED) is 0.0234. The summed E-state index contributed by atoms with van der Waals surface area (Å²) < 4.78 is 149. The predicted molar refractivity (Wildman–Crippen MR) is 462 cm³/mol. The number of carbonyl (C=O) groups is 6. The number of aliphatic hydroxyl groups excluding tert-OH is 6. The Labute approximate surface area is 786 Å². The molecule has 0 saturated carbocycles. The highest BCUT2D eigenvalue weighted by molar-refractivity contribution is 8.13. The van der Waals surface area contributed by atoms with Gasteiger partial charge in [-0.3, -0.25) is 28.8 Å². The topological polar surface area (TPSA) is 607 Å². The smallest absolute Gasteiger partial charge is 0.222 e. The second kappa shape index (κ2) is 62.7. The van der Waals surface area contributed by atoms with Crippen molar-refractivity contribution in [2.45, 2.75) is 195 Å². The van der Waals surface area contributed by atoms with Crippen LogP contribution < -0.4 is 26.6 Å². The molecular formula is C83H140N14O37S. The summed E-state index contributed by atoms with van der Waals surface area (Å²) in [5.41, 5.74) is -3.75. The molecular weight excluding hydrogens is 1820 g/mol. The molecule has 3 aromatic rings. The van der Waals surface area contributed by atoms with Gasteiger partial charge in [0.15, 0.2) is 24.0 Å². The molecule has 11 N–H and O–H groups in total. The van der Waals surface area contributed by atoms with Crippen LogP contribution in [0.1, 0.15) is 76.9 Å². The molecule has 6 fully saturated rings. The number of aromatic nitrogens is 9. The number of aliphatic hydroxyl groups is 6. The van der Waals surface area contributed by atoms with Gasteiger partial charge in [0.05, 0.1) is 309 Å². The minimum atomic E-state index is -1.35. The van der Waals surface area contributed by atoms with Crippen LogP contribution in [0.5, 0.6) is 0 Å². The monoisotopic (exact) mass is 1960 g/mol. The lowest BCUT2D eigenvalue weighted by Gasteiger charge is -2.42. The molecule has 52 heteroatoms. The number of ether oxygens (including phenoxy) is 25. The highest BCUT2D eigenvalue weighted by Gasteiger charge is 2.62. The number of carbonyl (C=O) groups excluding carboxylic acids is 6. The summed E-state index contributed by atoms with van der Waals surface area (Å²) in [4.78, 5) is 72.9. The third kappa shape index (κ3) is 40.2. The van der Waals surface area contributed by atoms with Gasteiger partial charge in [0.2, 0.25) is 29.5 Å². The fourth-order valence-electron chi connectivity index (χ4n) is 14.7. The van der Waals surface area contributed by atoms with Crippen LogP contribution in [0.2, 0.25) is 0 Å². The summed E-state index contributed by atoms with van der Waals surface area (Å²) in [7, 11) is 0. The number of rotatable bonds is 79. The first-order valence-corrected chi connectivity index (χ1v) is 46.6. The fraction of sp³-hybridized carbons (Fsp3) is 0.855. The molecule has 0 radical (unpaired) electrons. The minimum Gasteiger partial charge on any atom is -0.388 e. The van der Waals surface area contributed by atoms with Crippen molar-refractivity contribution < 1.29 is 178 Å². The van der Waals surface area contributed by atoms with Gasteiger partial charge in [0.1, 0.15) is 94.2 Å². The molecule has 135 heavy (non-hydrogen) atoms. The summed E-state index contributed by atoms with van der Waals surface area (Å²) in [5, 5.41) is 104.